The van der Waals surface area contributed by atoms with Gasteiger partial charge in [0, 0.05) is 13.3 Å². The smallest absolute Gasteiger partial charge is 0.198 e. The van der Waals surface area contributed by atoms with Crippen LogP contribution in [0.3, 0.4) is 0 Å². The van der Waals surface area contributed by atoms with Crippen LogP contribution < -0.4 is 0 Å². The van der Waals surface area contributed by atoms with Crippen LogP contribution in [0.2, 0.25) is 0 Å². The molecule has 0 atom stereocenters. The van der Waals surface area contributed by atoms with E-state index in [0.29, 0.717) is 12.3 Å². The van der Waals surface area contributed by atoms with E-state index in [1.807, 2.05) is 0 Å². The zero-order chi connectivity index (χ0) is 8.97. The molecular formula is C10H16O2. The summed E-state index contributed by atoms with van der Waals surface area (Å²) in [4.78, 5) is 21.7. The predicted octanol–water partition coefficient (Wildman–Crippen LogP) is 2.11. The molecule has 1 aliphatic carbocycles. The van der Waals surface area contributed by atoms with Gasteiger partial charge in [-0.1, -0.05) is 32.1 Å². The van der Waals surface area contributed by atoms with E-state index in [0.717, 1.165) is 12.8 Å². The Morgan fingerprint density at radius 2 is 1.75 bits per heavy atom. The Labute approximate surface area is 73.3 Å². The molecule has 2 heteroatoms. The normalized spacial score (nSPS) is 19.1. The first-order valence-corrected chi connectivity index (χ1v) is 4.74. The van der Waals surface area contributed by atoms with Crippen molar-refractivity contribution in [3.8, 4) is 0 Å². The minimum absolute atomic E-state index is 0.179. The standard InChI is InChI=1S/C10H16O2/c1-8(11)10(12)7-9-5-3-2-4-6-9/h9H,2-7H2,1H3. The molecule has 1 rings (SSSR count). The van der Waals surface area contributed by atoms with Gasteiger partial charge in [-0.3, -0.25) is 9.59 Å². The fraction of sp³-hybridized carbons (Fsp3) is 0.800. The van der Waals surface area contributed by atoms with Gasteiger partial charge < -0.3 is 0 Å². The van der Waals surface area contributed by atoms with Gasteiger partial charge in [0.2, 0.25) is 0 Å². The summed E-state index contributed by atoms with van der Waals surface area (Å²) in [5.74, 6) is 0.0395. The lowest BCUT2D eigenvalue weighted by atomic mass is 9.85. The molecule has 0 bridgehead atoms. The highest BCUT2D eigenvalue weighted by Crippen LogP contribution is 2.26. The summed E-state index contributed by atoms with van der Waals surface area (Å²) in [6.07, 6.45) is 6.53. The van der Waals surface area contributed by atoms with Crippen LogP contribution in [-0.2, 0) is 9.59 Å². The maximum Gasteiger partial charge on any atom is 0.198 e. The molecule has 1 fully saturated rings. The van der Waals surface area contributed by atoms with Gasteiger partial charge in [-0.2, -0.15) is 0 Å². The van der Waals surface area contributed by atoms with E-state index in [9.17, 15) is 9.59 Å². The number of rotatable bonds is 3. The molecule has 1 aliphatic rings. The predicted molar refractivity (Wildman–Crippen MR) is 46.9 cm³/mol. The topological polar surface area (TPSA) is 34.1 Å². The second kappa shape index (κ2) is 4.39. The van der Waals surface area contributed by atoms with Crippen molar-refractivity contribution in [2.75, 3.05) is 0 Å². The van der Waals surface area contributed by atoms with Crippen molar-refractivity contribution in [1.29, 1.82) is 0 Å². The molecule has 0 spiro atoms. The van der Waals surface area contributed by atoms with Crippen molar-refractivity contribution in [3.63, 3.8) is 0 Å². The minimum atomic E-state index is -0.277. The molecule has 0 radical (unpaired) electrons. The van der Waals surface area contributed by atoms with E-state index in [2.05, 4.69) is 0 Å². The van der Waals surface area contributed by atoms with Gasteiger partial charge in [0.05, 0.1) is 0 Å². The Bertz CT molecular complexity index is 178. The highest BCUT2D eigenvalue weighted by molar-refractivity contribution is 6.36. The molecule has 0 amide bonds. The van der Waals surface area contributed by atoms with Crippen molar-refractivity contribution in [2.45, 2.75) is 45.4 Å². The average molecular weight is 168 g/mol. The van der Waals surface area contributed by atoms with E-state index in [1.165, 1.54) is 26.2 Å². The lowest BCUT2D eigenvalue weighted by Crippen LogP contribution is -2.16. The first-order valence-electron chi connectivity index (χ1n) is 4.74. The largest absolute Gasteiger partial charge is 0.291 e. The highest BCUT2D eigenvalue weighted by Gasteiger charge is 2.18. The Morgan fingerprint density at radius 1 is 1.17 bits per heavy atom. The fourth-order valence-electron chi connectivity index (χ4n) is 1.80. The summed E-state index contributed by atoms with van der Waals surface area (Å²) in [6.45, 7) is 1.37. The number of carbonyl (C=O) groups is 2. The van der Waals surface area contributed by atoms with Gasteiger partial charge in [-0.05, 0) is 5.92 Å². The Balaban J connectivity index is 2.29. The van der Waals surface area contributed by atoms with Gasteiger partial charge >= 0.3 is 0 Å². The zero-order valence-electron chi connectivity index (χ0n) is 7.64. The van der Waals surface area contributed by atoms with Gasteiger partial charge in [-0.25, -0.2) is 0 Å². The number of carbonyl (C=O) groups excluding carboxylic acids is 2. The fourth-order valence-corrected chi connectivity index (χ4v) is 1.80. The molecule has 0 saturated heterocycles. The lowest BCUT2D eigenvalue weighted by Gasteiger charge is -2.19. The first-order chi connectivity index (χ1) is 5.70. The monoisotopic (exact) mass is 168 g/mol. The molecule has 0 aromatic rings. The van der Waals surface area contributed by atoms with Crippen molar-refractivity contribution in [2.24, 2.45) is 5.92 Å². The Kier molecular flexibility index (Phi) is 3.45. The minimum Gasteiger partial charge on any atom is -0.291 e. The summed E-state index contributed by atoms with van der Waals surface area (Å²) < 4.78 is 0. The highest BCUT2D eigenvalue weighted by atomic mass is 16.2. The van der Waals surface area contributed by atoms with E-state index < -0.39 is 0 Å². The zero-order valence-corrected chi connectivity index (χ0v) is 7.64. The lowest BCUT2D eigenvalue weighted by molar-refractivity contribution is -0.136. The van der Waals surface area contributed by atoms with E-state index in [4.69, 9.17) is 0 Å². The molecule has 68 valence electrons. The molecule has 1 saturated carbocycles. The molecule has 0 N–H and O–H groups in total. The molecular weight excluding hydrogens is 152 g/mol. The second-order valence-corrected chi connectivity index (χ2v) is 3.69. The summed E-state index contributed by atoms with van der Waals surface area (Å²) in [5, 5.41) is 0. The van der Waals surface area contributed by atoms with Gasteiger partial charge in [0.15, 0.2) is 11.6 Å². The van der Waals surface area contributed by atoms with Crippen LogP contribution in [0.5, 0.6) is 0 Å². The van der Waals surface area contributed by atoms with Gasteiger partial charge in [-0.15, -0.1) is 0 Å². The molecule has 0 unspecified atom stereocenters. The Hall–Kier alpha value is -0.660. The van der Waals surface area contributed by atoms with Crippen LogP contribution in [0, 0.1) is 5.92 Å². The third-order valence-corrected chi connectivity index (χ3v) is 2.59. The van der Waals surface area contributed by atoms with Crippen molar-refractivity contribution >= 4 is 11.6 Å². The third-order valence-electron chi connectivity index (χ3n) is 2.59. The molecule has 0 aliphatic heterocycles. The van der Waals surface area contributed by atoms with Crippen LogP contribution in [-0.4, -0.2) is 11.6 Å². The quantitative estimate of drug-likeness (QED) is 0.605. The van der Waals surface area contributed by atoms with Crippen LogP contribution in [0.25, 0.3) is 0 Å². The summed E-state index contributed by atoms with van der Waals surface area (Å²) in [5.41, 5.74) is 0. The first kappa shape index (κ1) is 9.43. The van der Waals surface area contributed by atoms with E-state index in [-0.39, 0.29) is 11.6 Å². The van der Waals surface area contributed by atoms with Crippen LogP contribution in [0.1, 0.15) is 45.4 Å². The molecule has 0 aromatic carbocycles. The van der Waals surface area contributed by atoms with Crippen LogP contribution in [0.15, 0.2) is 0 Å². The van der Waals surface area contributed by atoms with E-state index in [1.54, 1.807) is 0 Å². The summed E-state index contributed by atoms with van der Waals surface area (Å²) in [6, 6.07) is 0. The van der Waals surface area contributed by atoms with Crippen molar-refractivity contribution in [1.82, 2.24) is 0 Å². The molecule has 12 heavy (non-hydrogen) atoms. The van der Waals surface area contributed by atoms with Gasteiger partial charge in [0.1, 0.15) is 0 Å². The SMILES string of the molecule is CC(=O)C(=O)CC1CCCCC1. The number of hydrogen-bond acceptors (Lipinski definition) is 2. The van der Waals surface area contributed by atoms with E-state index >= 15 is 0 Å². The summed E-state index contributed by atoms with van der Waals surface area (Å²) >= 11 is 0. The van der Waals surface area contributed by atoms with Crippen molar-refractivity contribution < 1.29 is 9.59 Å². The molecule has 0 heterocycles. The molecule has 0 aromatic heterocycles. The molecule has 2 nitrogen and oxygen atoms in total. The van der Waals surface area contributed by atoms with Crippen molar-refractivity contribution in [3.05, 3.63) is 0 Å². The van der Waals surface area contributed by atoms with Gasteiger partial charge in [0.25, 0.3) is 0 Å². The third kappa shape index (κ3) is 2.76. The Morgan fingerprint density at radius 3 is 2.25 bits per heavy atom. The number of hydrogen-bond donors (Lipinski definition) is 0. The van der Waals surface area contributed by atoms with Crippen LogP contribution >= 0.6 is 0 Å². The number of Topliss-reactive ketones (excluding diaryl/α,β-unsaturated/α-hetero) is 2. The second-order valence-electron chi connectivity index (χ2n) is 3.69. The maximum atomic E-state index is 11.1. The van der Waals surface area contributed by atoms with Crippen LogP contribution in [0.4, 0.5) is 0 Å². The number of ketones is 2. The summed E-state index contributed by atoms with van der Waals surface area (Å²) in [7, 11) is 0. The maximum absolute atomic E-state index is 11.1. The average Bonchev–Trinajstić information content (AvgIpc) is 2.06.